The normalized spacial score (nSPS) is 22.1. The van der Waals surface area contributed by atoms with Crippen LogP contribution in [0, 0.1) is 22.6 Å². The summed E-state index contributed by atoms with van der Waals surface area (Å²) in [6.45, 7) is 8.40. The Morgan fingerprint density at radius 3 is 2.44 bits per heavy atom. The Morgan fingerprint density at radius 2 is 1.85 bits per heavy atom. The third-order valence-electron chi connectivity index (χ3n) is 5.60. The maximum absolute atomic E-state index is 13.1. The zero-order valence-corrected chi connectivity index (χ0v) is 16.4. The number of benzene rings is 1. The molecule has 0 saturated carbocycles. The predicted molar refractivity (Wildman–Crippen MR) is 102 cm³/mol. The molecule has 0 aliphatic carbocycles. The van der Waals surface area contributed by atoms with Crippen LogP contribution in [0.4, 0.5) is 10.1 Å². The number of anilines is 1. The highest BCUT2D eigenvalue weighted by molar-refractivity contribution is 5.94. The minimum absolute atomic E-state index is 0.0889. The summed E-state index contributed by atoms with van der Waals surface area (Å²) in [5, 5.41) is 2.91. The van der Waals surface area contributed by atoms with Gasteiger partial charge in [0.2, 0.25) is 11.8 Å². The molecule has 2 saturated heterocycles. The highest BCUT2D eigenvalue weighted by Crippen LogP contribution is 2.45. The smallest absolute Gasteiger partial charge is 0.229 e. The molecule has 27 heavy (non-hydrogen) atoms. The summed E-state index contributed by atoms with van der Waals surface area (Å²) in [6.07, 6.45) is 2.01. The molecule has 148 valence electrons. The molecule has 5 nitrogen and oxygen atoms in total. The molecule has 2 aliphatic heterocycles. The second-order valence-electron chi connectivity index (χ2n) is 9.04. The van der Waals surface area contributed by atoms with Gasteiger partial charge in [0.15, 0.2) is 0 Å². The van der Waals surface area contributed by atoms with Gasteiger partial charge in [-0.05, 0) is 42.5 Å². The Kier molecular flexibility index (Phi) is 5.56. The van der Waals surface area contributed by atoms with E-state index in [0.29, 0.717) is 38.4 Å². The van der Waals surface area contributed by atoms with E-state index in [1.54, 1.807) is 12.1 Å². The molecule has 1 atom stereocenters. The van der Waals surface area contributed by atoms with Crippen LogP contribution < -0.4 is 5.32 Å². The summed E-state index contributed by atoms with van der Waals surface area (Å²) >= 11 is 0. The van der Waals surface area contributed by atoms with Crippen molar-refractivity contribution in [1.82, 2.24) is 4.90 Å². The molecule has 1 aromatic rings. The number of nitrogens with one attached hydrogen (secondary N) is 1. The number of nitrogens with zero attached hydrogens (tertiary/aromatic N) is 1. The van der Waals surface area contributed by atoms with Crippen LogP contribution in [0.1, 0.15) is 40.0 Å². The minimum atomic E-state index is -0.339. The molecule has 0 bridgehead atoms. The fraction of sp³-hybridized carbons (Fsp3) is 0.619. The molecule has 2 heterocycles. The van der Waals surface area contributed by atoms with E-state index in [2.05, 4.69) is 5.32 Å². The lowest BCUT2D eigenvalue weighted by atomic mass is 9.71. The van der Waals surface area contributed by atoms with E-state index in [4.69, 9.17) is 4.74 Å². The van der Waals surface area contributed by atoms with Gasteiger partial charge in [-0.15, -0.1) is 0 Å². The first kappa shape index (κ1) is 19.8. The van der Waals surface area contributed by atoms with Crippen LogP contribution in [0.15, 0.2) is 24.3 Å². The zero-order valence-electron chi connectivity index (χ0n) is 16.4. The van der Waals surface area contributed by atoms with E-state index in [1.807, 2.05) is 25.7 Å². The first-order valence-corrected chi connectivity index (χ1v) is 9.61. The van der Waals surface area contributed by atoms with Gasteiger partial charge < -0.3 is 15.0 Å². The summed E-state index contributed by atoms with van der Waals surface area (Å²) in [6, 6.07) is 5.77. The van der Waals surface area contributed by atoms with Crippen LogP contribution in [0.25, 0.3) is 0 Å². The van der Waals surface area contributed by atoms with Gasteiger partial charge in [0.25, 0.3) is 0 Å². The van der Waals surface area contributed by atoms with Crippen molar-refractivity contribution >= 4 is 17.5 Å². The van der Waals surface area contributed by atoms with Crippen molar-refractivity contribution < 1.29 is 18.7 Å². The Bertz CT molecular complexity index is 690. The van der Waals surface area contributed by atoms with Crippen molar-refractivity contribution in [3.63, 3.8) is 0 Å². The Hall–Kier alpha value is -1.95. The van der Waals surface area contributed by atoms with Crippen LogP contribution in [-0.4, -0.2) is 43.0 Å². The third kappa shape index (κ3) is 4.67. The van der Waals surface area contributed by atoms with E-state index in [0.717, 1.165) is 12.8 Å². The fourth-order valence-corrected chi connectivity index (χ4v) is 4.13. The first-order valence-electron chi connectivity index (χ1n) is 9.61. The SMILES string of the molecule is CC(C)(C)CC(=O)N1CC(C(=O)Nc2ccc(F)cc2)C2(CCOCC2)C1. The topological polar surface area (TPSA) is 58.6 Å². The minimum Gasteiger partial charge on any atom is -0.381 e. The Balaban J connectivity index is 1.77. The number of halogens is 1. The van der Waals surface area contributed by atoms with Crippen molar-refractivity contribution in [2.75, 3.05) is 31.6 Å². The summed E-state index contributed by atoms with van der Waals surface area (Å²) in [4.78, 5) is 27.7. The van der Waals surface area contributed by atoms with Crippen LogP contribution >= 0.6 is 0 Å². The molecule has 0 radical (unpaired) electrons. The molecule has 2 amide bonds. The maximum atomic E-state index is 13.1. The third-order valence-corrected chi connectivity index (χ3v) is 5.60. The lowest BCUT2D eigenvalue weighted by Crippen LogP contribution is -2.42. The van der Waals surface area contributed by atoms with Crippen molar-refractivity contribution in [3.8, 4) is 0 Å². The van der Waals surface area contributed by atoms with E-state index in [1.165, 1.54) is 12.1 Å². The van der Waals surface area contributed by atoms with Crippen molar-refractivity contribution in [2.24, 2.45) is 16.7 Å². The number of carbonyl (C=O) groups is 2. The average Bonchev–Trinajstić information content (AvgIpc) is 2.95. The lowest BCUT2D eigenvalue weighted by molar-refractivity contribution is -0.132. The number of carbonyl (C=O) groups excluding carboxylic acids is 2. The lowest BCUT2D eigenvalue weighted by Gasteiger charge is -2.37. The quantitative estimate of drug-likeness (QED) is 0.879. The first-order chi connectivity index (χ1) is 12.7. The summed E-state index contributed by atoms with van der Waals surface area (Å²) in [7, 11) is 0. The summed E-state index contributed by atoms with van der Waals surface area (Å²) in [5.74, 6) is -0.621. The van der Waals surface area contributed by atoms with E-state index < -0.39 is 0 Å². The average molecular weight is 376 g/mol. The van der Waals surface area contributed by atoms with Gasteiger partial charge in [-0.25, -0.2) is 4.39 Å². The second kappa shape index (κ2) is 7.58. The molecule has 1 N–H and O–H groups in total. The van der Waals surface area contributed by atoms with E-state index >= 15 is 0 Å². The van der Waals surface area contributed by atoms with Crippen LogP contribution in [0.3, 0.4) is 0 Å². The molecule has 1 spiro atoms. The number of amides is 2. The van der Waals surface area contributed by atoms with Crippen molar-refractivity contribution in [1.29, 1.82) is 0 Å². The number of hydrogen-bond donors (Lipinski definition) is 1. The van der Waals surface area contributed by atoms with Gasteiger partial charge in [-0.3, -0.25) is 9.59 Å². The molecule has 0 aromatic heterocycles. The maximum Gasteiger partial charge on any atom is 0.229 e. The van der Waals surface area contributed by atoms with E-state index in [9.17, 15) is 14.0 Å². The molecule has 2 aliphatic rings. The molecule has 2 fully saturated rings. The standard InChI is InChI=1S/C21H29FN2O3/c1-20(2,3)12-18(25)24-13-17(21(14-24)8-10-27-11-9-21)19(26)23-16-6-4-15(22)5-7-16/h4-7,17H,8-14H2,1-3H3,(H,23,26). The summed E-state index contributed by atoms with van der Waals surface area (Å²) in [5.41, 5.74) is 0.243. The molecule has 1 unspecified atom stereocenters. The van der Waals surface area contributed by atoms with Crippen LogP contribution in [0.5, 0.6) is 0 Å². The number of ether oxygens (including phenoxy) is 1. The predicted octanol–water partition coefficient (Wildman–Crippen LogP) is 3.46. The van der Waals surface area contributed by atoms with Crippen molar-refractivity contribution in [2.45, 2.75) is 40.0 Å². The molecule has 1 aromatic carbocycles. The Morgan fingerprint density at radius 1 is 1.22 bits per heavy atom. The zero-order chi connectivity index (χ0) is 19.7. The highest BCUT2D eigenvalue weighted by Gasteiger charge is 2.51. The highest BCUT2D eigenvalue weighted by atomic mass is 19.1. The van der Waals surface area contributed by atoms with Crippen molar-refractivity contribution in [3.05, 3.63) is 30.1 Å². The molecule has 6 heteroatoms. The van der Waals surface area contributed by atoms with Crippen LogP contribution in [-0.2, 0) is 14.3 Å². The Labute approximate surface area is 160 Å². The van der Waals surface area contributed by atoms with Crippen LogP contribution in [0.2, 0.25) is 0 Å². The largest absolute Gasteiger partial charge is 0.381 e. The van der Waals surface area contributed by atoms with Gasteiger partial charge >= 0.3 is 0 Å². The van der Waals surface area contributed by atoms with Gasteiger partial charge in [0.05, 0.1) is 5.92 Å². The number of hydrogen-bond acceptors (Lipinski definition) is 3. The molecule has 3 rings (SSSR count). The van der Waals surface area contributed by atoms with Gasteiger partial charge in [-0.2, -0.15) is 0 Å². The molecular weight excluding hydrogens is 347 g/mol. The monoisotopic (exact) mass is 376 g/mol. The van der Waals surface area contributed by atoms with Gasteiger partial charge in [0, 0.05) is 43.8 Å². The fourth-order valence-electron chi connectivity index (χ4n) is 4.13. The van der Waals surface area contributed by atoms with E-state index in [-0.39, 0.29) is 34.4 Å². The van der Waals surface area contributed by atoms with Gasteiger partial charge in [-0.1, -0.05) is 20.8 Å². The molecular formula is C21H29FN2O3. The number of likely N-dealkylation sites (tertiary alicyclic amines) is 1. The second-order valence-corrected chi connectivity index (χ2v) is 9.04. The summed E-state index contributed by atoms with van der Waals surface area (Å²) < 4.78 is 18.6. The van der Waals surface area contributed by atoms with Gasteiger partial charge in [0.1, 0.15) is 5.82 Å². The number of rotatable bonds is 3.